The number of hydrogen-bond donors (Lipinski definition) is 3. The maximum atomic E-state index is 5.85. The fraction of sp³-hybridized carbons (Fsp3) is 0.542. The van der Waals surface area contributed by atoms with E-state index in [9.17, 15) is 0 Å². The lowest BCUT2D eigenvalue weighted by molar-refractivity contribution is 0.313. The first kappa shape index (κ1) is 20.3. The molecule has 0 bridgehead atoms. The van der Waals surface area contributed by atoms with Crippen LogP contribution in [0.15, 0.2) is 48.7 Å². The number of aryl methyl sites for hydroxylation is 1. The van der Waals surface area contributed by atoms with Crippen molar-refractivity contribution in [1.82, 2.24) is 15.6 Å². The molecule has 1 saturated heterocycles. The van der Waals surface area contributed by atoms with Crippen molar-refractivity contribution in [2.24, 2.45) is 5.73 Å². The number of anilines is 1. The highest BCUT2D eigenvalue weighted by Crippen LogP contribution is 2.29. The zero-order valence-corrected chi connectivity index (χ0v) is 17.4. The minimum absolute atomic E-state index is 0.372. The van der Waals surface area contributed by atoms with Gasteiger partial charge in [-0.2, -0.15) is 0 Å². The van der Waals surface area contributed by atoms with Crippen molar-refractivity contribution >= 4 is 5.69 Å². The number of benzene rings is 1. The Hall–Kier alpha value is -1.95. The lowest BCUT2D eigenvalue weighted by Gasteiger charge is -2.38. The topological polar surface area (TPSA) is 66.2 Å². The van der Waals surface area contributed by atoms with Crippen molar-refractivity contribution in [2.45, 2.75) is 56.7 Å². The van der Waals surface area contributed by atoms with Crippen molar-refractivity contribution in [3.63, 3.8) is 0 Å². The molecule has 29 heavy (non-hydrogen) atoms. The van der Waals surface area contributed by atoms with Crippen LogP contribution < -0.4 is 21.3 Å². The number of nitrogens with two attached hydrogens (primary N) is 1. The van der Waals surface area contributed by atoms with Crippen molar-refractivity contribution in [1.29, 1.82) is 0 Å². The van der Waals surface area contributed by atoms with E-state index in [1.54, 1.807) is 0 Å². The predicted molar refractivity (Wildman–Crippen MR) is 120 cm³/mol. The summed E-state index contributed by atoms with van der Waals surface area (Å²) in [4.78, 5) is 7.23. The van der Waals surface area contributed by atoms with Crippen LogP contribution in [-0.4, -0.2) is 43.2 Å². The molecule has 4 rings (SSSR count). The Balaban J connectivity index is 1.41. The molecule has 1 aromatic carbocycles. The smallest absolute Gasteiger partial charge is 0.0605 e. The summed E-state index contributed by atoms with van der Waals surface area (Å²) < 4.78 is 0. The number of rotatable bonds is 8. The second-order valence-corrected chi connectivity index (χ2v) is 8.46. The van der Waals surface area contributed by atoms with Crippen LogP contribution in [0, 0.1) is 0 Å². The van der Waals surface area contributed by atoms with Crippen LogP contribution in [-0.2, 0) is 6.42 Å². The minimum Gasteiger partial charge on any atom is -0.369 e. The third-order valence-electron chi connectivity index (χ3n) is 6.33. The Morgan fingerprint density at radius 3 is 2.97 bits per heavy atom. The molecule has 5 heteroatoms. The molecule has 0 amide bonds. The van der Waals surface area contributed by atoms with E-state index in [-0.39, 0.29) is 0 Å². The number of fused-ring (bicyclic) bond motifs is 1. The van der Waals surface area contributed by atoms with E-state index in [0.29, 0.717) is 18.1 Å². The van der Waals surface area contributed by atoms with E-state index < -0.39 is 0 Å². The fourth-order valence-corrected chi connectivity index (χ4v) is 4.89. The molecule has 0 radical (unpaired) electrons. The average Bonchev–Trinajstić information content (AvgIpc) is 2.78. The van der Waals surface area contributed by atoms with Gasteiger partial charge in [-0.15, -0.1) is 0 Å². The van der Waals surface area contributed by atoms with E-state index >= 15 is 0 Å². The quantitative estimate of drug-likeness (QED) is 0.643. The van der Waals surface area contributed by atoms with Crippen molar-refractivity contribution in [2.75, 3.05) is 31.1 Å². The number of nitrogens with one attached hydrogen (secondary N) is 2. The molecule has 5 nitrogen and oxygen atoms in total. The van der Waals surface area contributed by atoms with Crippen LogP contribution in [0.4, 0.5) is 5.69 Å². The molecule has 1 aromatic heterocycles. The Morgan fingerprint density at radius 2 is 2.10 bits per heavy atom. The van der Waals surface area contributed by atoms with Crippen LogP contribution >= 0.6 is 0 Å². The van der Waals surface area contributed by atoms with Crippen LogP contribution in [0.5, 0.6) is 0 Å². The number of aromatic nitrogens is 1. The summed E-state index contributed by atoms with van der Waals surface area (Å²) in [7, 11) is 0. The van der Waals surface area contributed by atoms with E-state index in [1.807, 2.05) is 6.20 Å². The van der Waals surface area contributed by atoms with Gasteiger partial charge < -0.3 is 21.3 Å². The number of hydrogen-bond acceptors (Lipinski definition) is 5. The normalized spacial score (nSPS) is 22.9. The minimum atomic E-state index is 0.372. The maximum Gasteiger partial charge on any atom is 0.0605 e. The van der Waals surface area contributed by atoms with E-state index in [0.717, 1.165) is 51.9 Å². The SMILES string of the molecule is NCCCC(C[C@@H]1CN(c2ccccc2)CCN1)N[C@H]1CCCc2cccnc21. The molecule has 0 spiro atoms. The van der Waals surface area contributed by atoms with Gasteiger partial charge in [-0.1, -0.05) is 24.3 Å². The van der Waals surface area contributed by atoms with Gasteiger partial charge in [0.2, 0.25) is 0 Å². The van der Waals surface area contributed by atoms with Crippen LogP contribution in [0.3, 0.4) is 0 Å². The molecule has 3 atom stereocenters. The summed E-state index contributed by atoms with van der Waals surface area (Å²) in [5.41, 5.74) is 9.86. The van der Waals surface area contributed by atoms with Crippen molar-refractivity contribution in [3.05, 3.63) is 59.9 Å². The molecular formula is C24H35N5. The summed E-state index contributed by atoms with van der Waals surface area (Å²) in [5.74, 6) is 0. The Labute approximate surface area is 175 Å². The molecule has 2 heterocycles. The zero-order chi connectivity index (χ0) is 19.9. The molecule has 1 aliphatic carbocycles. The van der Waals surface area contributed by atoms with Gasteiger partial charge in [0.25, 0.3) is 0 Å². The molecule has 1 unspecified atom stereocenters. The van der Waals surface area contributed by atoms with E-state index in [1.165, 1.54) is 29.8 Å². The number of para-hydroxylation sites is 1. The molecular weight excluding hydrogens is 358 g/mol. The lowest BCUT2D eigenvalue weighted by Crippen LogP contribution is -2.53. The van der Waals surface area contributed by atoms with Gasteiger partial charge in [-0.05, 0) is 68.8 Å². The monoisotopic (exact) mass is 393 g/mol. The first-order valence-electron chi connectivity index (χ1n) is 11.3. The third kappa shape index (κ3) is 5.35. The summed E-state index contributed by atoms with van der Waals surface area (Å²) in [6, 6.07) is 16.4. The zero-order valence-electron chi connectivity index (χ0n) is 17.4. The highest BCUT2D eigenvalue weighted by Gasteiger charge is 2.27. The first-order valence-corrected chi connectivity index (χ1v) is 11.3. The van der Waals surface area contributed by atoms with Crippen LogP contribution in [0.1, 0.15) is 49.4 Å². The summed E-state index contributed by atoms with van der Waals surface area (Å²) in [6.07, 6.45) is 8.83. The van der Waals surface area contributed by atoms with Gasteiger partial charge in [0.15, 0.2) is 0 Å². The number of pyridine rings is 1. The van der Waals surface area contributed by atoms with Gasteiger partial charge in [0, 0.05) is 49.6 Å². The average molecular weight is 394 g/mol. The fourth-order valence-electron chi connectivity index (χ4n) is 4.89. The van der Waals surface area contributed by atoms with E-state index in [2.05, 4.69) is 58.0 Å². The van der Waals surface area contributed by atoms with Gasteiger partial charge in [0.1, 0.15) is 0 Å². The summed E-state index contributed by atoms with van der Waals surface area (Å²) in [5, 5.41) is 7.73. The lowest BCUT2D eigenvalue weighted by atomic mass is 9.90. The second-order valence-electron chi connectivity index (χ2n) is 8.46. The highest BCUT2D eigenvalue weighted by atomic mass is 15.2. The molecule has 156 valence electrons. The van der Waals surface area contributed by atoms with Gasteiger partial charge >= 0.3 is 0 Å². The first-order chi connectivity index (χ1) is 14.3. The number of piperazine rings is 1. The summed E-state index contributed by atoms with van der Waals surface area (Å²) >= 11 is 0. The van der Waals surface area contributed by atoms with Crippen LogP contribution in [0.2, 0.25) is 0 Å². The van der Waals surface area contributed by atoms with Crippen molar-refractivity contribution in [3.8, 4) is 0 Å². The Morgan fingerprint density at radius 1 is 1.21 bits per heavy atom. The Kier molecular flexibility index (Phi) is 7.14. The van der Waals surface area contributed by atoms with E-state index in [4.69, 9.17) is 10.7 Å². The largest absolute Gasteiger partial charge is 0.369 e. The van der Waals surface area contributed by atoms with Gasteiger partial charge in [-0.25, -0.2) is 0 Å². The standard InChI is InChI=1S/C24H35N5/c25-13-5-9-20(28-23-12-4-7-19-8-6-14-27-24(19)23)17-21-18-29(16-15-26-21)22-10-2-1-3-11-22/h1-3,6,8,10-11,14,20-21,23,26,28H,4-5,7,9,12-13,15-18,25H2/t20?,21-,23+/m1/s1. The molecule has 4 N–H and O–H groups in total. The van der Waals surface area contributed by atoms with Gasteiger partial charge in [0.05, 0.1) is 5.69 Å². The maximum absolute atomic E-state index is 5.85. The number of nitrogens with zero attached hydrogens (tertiary/aromatic N) is 2. The highest BCUT2D eigenvalue weighted by molar-refractivity contribution is 5.46. The molecule has 2 aliphatic rings. The summed E-state index contributed by atoms with van der Waals surface area (Å²) in [6.45, 7) is 3.93. The van der Waals surface area contributed by atoms with Crippen LogP contribution in [0.25, 0.3) is 0 Å². The molecule has 0 saturated carbocycles. The molecule has 1 fully saturated rings. The van der Waals surface area contributed by atoms with Crippen molar-refractivity contribution < 1.29 is 0 Å². The molecule has 2 aromatic rings. The van der Waals surface area contributed by atoms with Gasteiger partial charge in [-0.3, -0.25) is 4.98 Å². The predicted octanol–water partition coefficient (Wildman–Crippen LogP) is 3.02. The Bertz CT molecular complexity index is 750. The third-order valence-corrected chi connectivity index (χ3v) is 6.33. The molecule has 1 aliphatic heterocycles. The second kappa shape index (κ2) is 10.2.